The number of aryl methyl sites for hydroxylation is 1. The summed E-state index contributed by atoms with van der Waals surface area (Å²) in [6.45, 7) is 2.90. The minimum atomic E-state index is -3.27. The highest BCUT2D eigenvalue weighted by Crippen LogP contribution is 2.12. The molecule has 0 spiro atoms. The van der Waals surface area contributed by atoms with Crippen LogP contribution < -0.4 is 5.32 Å². The third kappa shape index (κ3) is 3.99. The van der Waals surface area contributed by atoms with E-state index in [0.717, 1.165) is 25.8 Å². The van der Waals surface area contributed by atoms with Crippen LogP contribution in [0.25, 0.3) is 0 Å². The maximum atomic E-state index is 12.2. The fourth-order valence-electron chi connectivity index (χ4n) is 2.20. The molecule has 0 aromatic carbocycles. The lowest BCUT2D eigenvalue weighted by molar-refractivity contribution is 0.406. The summed E-state index contributed by atoms with van der Waals surface area (Å²) >= 11 is 0. The molecule has 2 N–H and O–H groups in total. The molecule has 1 fully saturated rings. The summed E-state index contributed by atoms with van der Waals surface area (Å²) in [6, 6.07) is 0.0649. The van der Waals surface area contributed by atoms with E-state index in [-0.39, 0.29) is 18.3 Å². The van der Waals surface area contributed by atoms with Crippen LogP contribution in [0.3, 0.4) is 0 Å². The molecule has 0 amide bonds. The normalized spacial score (nSPS) is 20.9. The molecular formula is C11H21N5O2S. The number of H-pyrrole nitrogens is 1. The van der Waals surface area contributed by atoms with Gasteiger partial charge in [0.2, 0.25) is 10.0 Å². The average molecular weight is 287 g/mol. The van der Waals surface area contributed by atoms with Crippen LogP contribution >= 0.6 is 0 Å². The number of nitrogens with zero attached hydrogens (tertiary/aromatic N) is 3. The van der Waals surface area contributed by atoms with E-state index in [0.29, 0.717) is 11.6 Å². The van der Waals surface area contributed by atoms with Crippen molar-refractivity contribution in [2.45, 2.75) is 38.8 Å². The molecule has 1 aromatic heterocycles. The Hall–Kier alpha value is -0.990. The van der Waals surface area contributed by atoms with Gasteiger partial charge in [0.1, 0.15) is 5.82 Å². The highest BCUT2D eigenvalue weighted by Gasteiger charge is 2.25. The largest absolute Gasteiger partial charge is 0.313 e. The molecule has 1 saturated heterocycles. The molecule has 8 heteroatoms. The highest BCUT2D eigenvalue weighted by atomic mass is 32.2. The van der Waals surface area contributed by atoms with Crippen molar-refractivity contribution in [2.75, 3.05) is 19.3 Å². The second kappa shape index (κ2) is 5.98. The zero-order chi connectivity index (χ0) is 13.9. The minimum absolute atomic E-state index is 0.0649. The summed E-state index contributed by atoms with van der Waals surface area (Å²) in [5.41, 5.74) is 0. The quantitative estimate of drug-likeness (QED) is 0.796. The minimum Gasteiger partial charge on any atom is -0.313 e. The predicted octanol–water partition coefficient (Wildman–Crippen LogP) is 0.0168. The second-order valence-corrected chi connectivity index (χ2v) is 7.14. The molecule has 2 rings (SSSR count). The molecule has 0 radical (unpaired) electrons. The zero-order valence-corrected chi connectivity index (χ0v) is 12.2. The van der Waals surface area contributed by atoms with Crippen LogP contribution in [0.5, 0.6) is 0 Å². The molecular weight excluding hydrogens is 266 g/mol. The van der Waals surface area contributed by atoms with E-state index in [1.165, 1.54) is 4.31 Å². The lowest BCUT2D eigenvalue weighted by Crippen LogP contribution is -2.43. The summed E-state index contributed by atoms with van der Waals surface area (Å²) in [7, 11) is -1.70. The van der Waals surface area contributed by atoms with Gasteiger partial charge in [-0.3, -0.25) is 5.10 Å². The van der Waals surface area contributed by atoms with E-state index < -0.39 is 10.0 Å². The summed E-state index contributed by atoms with van der Waals surface area (Å²) < 4.78 is 25.8. The highest BCUT2D eigenvalue weighted by molar-refractivity contribution is 7.89. The molecule has 19 heavy (non-hydrogen) atoms. The predicted molar refractivity (Wildman–Crippen MR) is 72.0 cm³/mol. The molecule has 1 unspecified atom stereocenters. The smallest absolute Gasteiger partial charge is 0.215 e. The SMILES string of the molecule is Cc1nc(CN(C)S(=O)(=O)CC2CCCCN2)n[nH]1. The van der Waals surface area contributed by atoms with E-state index in [1.807, 2.05) is 0 Å². The monoisotopic (exact) mass is 287 g/mol. The molecule has 108 valence electrons. The van der Waals surface area contributed by atoms with Crippen molar-refractivity contribution < 1.29 is 8.42 Å². The van der Waals surface area contributed by atoms with E-state index in [1.54, 1.807) is 14.0 Å². The first-order valence-electron chi connectivity index (χ1n) is 6.52. The molecule has 1 aliphatic heterocycles. The maximum absolute atomic E-state index is 12.2. The van der Waals surface area contributed by atoms with Crippen molar-refractivity contribution in [3.63, 3.8) is 0 Å². The Kier molecular flexibility index (Phi) is 4.54. The number of aromatic nitrogens is 3. The summed E-state index contributed by atoms with van der Waals surface area (Å²) in [6.07, 6.45) is 3.15. The van der Waals surface area contributed by atoms with Gasteiger partial charge in [-0.25, -0.2) is 13.4 Å². The van der Waals surface area contributed by atoms with Gasteiger partial charge in [0.15, 0.2) is 5.82 Å². The number of rotatable bonds is 5. The number of piperidine rings is 1. The van der Waals surface area contributed by atoms with Gasteiger partial charge in [-0.2, -0.15) is 9.40 Å². The summed E-state index contributed by atoms with van der Waals surface area (Å²) in [4.78, 5) is 4.12. The Bertz CT molecular complexity index is 507. The summed E-state index contributed by atoms with van der Waals surface area (Å²) in [5, 5.41) is 9.92. The van der Waals surface area contributed by atoms with E-state index in [9.17, 15) is 8.42 Å². The average Bonchev–Trinajstić information content (AvgIpc) is 2.75. The van der Waals surface area contributed by atoms with Crippen molar-refractivity contribution in [3.8, 4) is 0 Å². The first-order valence-corrected chi connectivity index (χ1v) is 8.13. The van der Waals surface area contributed by atoms with Gasteiger partial charge in [0.05, 0.1) is 12.3 Å². The zero-order valence-electron chi connectivity index (χ0n) is 11.4. The standard InChI is InChI=1S/C11H21N5O2S/c1-9-13-11(15-14-9)7-16(2)19(17,18)8-10-5-3-4-6-12-10/h10,12H,3-8H2,1-2H3,(H,13,14,15). The van der Waals surface area contributed by atoms with Crippen molar-refractivity contribution in [2.24, 2.45) is 0 Å². The van der Waals surface area contributed by atoms with Crippen molar-refractivity contribution >= 4 is 10.0 Å². The summed E-state index contributed by atoms with van der Waals surface area (Å²) in [5.74, 6) is 1.34. The van der Waals surface area contributed by atoms with Crippen LogP contribution in [0.1, 0.15) is 30.9 Å². The van der Waals surface area contributed by atoms with Crippen LogP contribution in [0, 0.1) is 6.92 Å². The van der Waals surface area contributed by atoms with Gasteiger partial charge in [-0.1, -0.05) is 6.42 Å². The Morgan fingerprint density at radius 3 is 2.79 bits per heavy atom. The topological polar surface area (TPSA) is 91.0 Å². The van der Waals surface area contributed by atoms with Crippen LogP contribution in [0.4, 0.5) is 0 Å². The van der Waals surface area contributed by atoms with Gasteiger partial charge >= 0.3 is 0 Å². The van der Waals surface area contributed by atoms with Gasteiger partial charge in [-0.05, 0) is 26.3 Å². The number of aromatic amines is 1. The van der Waals surface area contributed by atoms with Gasteiger partial charge in [-0.15, -0.1) is 0 Å². The van der Waals surface area contributed by atoms with E-state index in [2.05, 4.69) is 20.5 Å². The number of hydrogen-bond donors (Lipinski definition) is 2. The van der Waals surface area contributed by atoms with Crippen molar-refractivity contribution in [3.05, 3.63) is 11.6 Å². The molecule has 2 heterocycles. The number of hydrogen-bond acceptors (Lipinski definition) is 5. The Balaban J connectivity index is 1.94. The fraction of sp³-hybridized carbons (Fsp3) is 0.818. The van der Waals surface area contributed by atoms with Crippen LogP contribution in [-0.4, -0.2) is 53.3 Å². The lowest BCUT2D eigenvalue weighted by Gasteiger charge is -2.25. The first kappa shape index (κ1) is 14.4. The second-order valence-electron chi connectivity index (χ2n) is 5.02. The molecule has 1 aliphatic rings. The number of sulfonamides is 1. The van der Waals surface area contributed by atoms with Gasteiger partial charge in [0, 0.05) is 13.1 Å². The van der Waals surface area contributed by atoms with Gasteiger partial charge in [0.25, 0.3) is 0 Å². The third-order valence-corrected chi connectivity index (χ3v) is 5.21. The van der Waals surface area contributed by atoms with Crippen molar-refractivity contribution in [1.29, 1.82) is 0 Å². The molecule has 0 saturated carbocycles. The van der Waals surface area contributed by atoms with Crippen LogP contribution in [0.15, 0.2) is 0 Å². The van der Waals surface area contributed by atoms with Crippen LogP contribution in [0.2, 0.25) is 0 Å². The fourth-order valence-corrected chi connectivity index (χ4v) is 3.56. The molecule has 1 atom stereocenters. The number of nitrogens with one attached hydrogen (secondary N) is 2. The lowest BCUT2D eigenvalue weighted by atomic mass is 10.1. The van der Waals surface area contributed by atoms with Gasteiger partial charge < -0.3 is 5.32 Å². The van der Waals surface area contributed by atoms with Crippen LogP contribution in [-0.2, 0) is 16.6 Å². The Labute approximate surface area is 113 Å². The molecule has 7 nitrogen and oxygen atoms in total. The maximum Gasteiger partial charge on any atom is 0.215 e. The van der Waals surface area contributed by atoms with Crippen molar-refractivity contribution in [1.82, 2.24) is 24.8 Å². The molecule has 0 aliphatic carbocycles. The van der Waals surface area contributed by atoms with E-state index in [4.69, 9.17) is 0 Å². The Morgan fingerprint density at radius 1 is 1.42 bits per heavy atom. The van der Waals surface area contributed by atoms with E-state index >= 15 is 0 Å². The first-order chi connectivity index (χ1) is 8.97. The third-order valence-electron chi connectivity index (χ3n) is 3.31. The molecule has 1 aromatic rings. The molecule has 0 bridgehead atoms. The Morgan fingerprint density at radius 2 is 2.21 bits per heavy atom.